The van der Waals surface area contributed by atoms with Gasteiger partial charge in [-0.05, 0) is 42.5 Å². The Labute approximate surface area is 90.0 Å². The lowest BCUT2D eigenvalue weighted by molar-refractivity contribution is 0.324. The van der Waals surface area contributed by atoms with E-state index in [1.807, 2.05) is 18.2 Å². The van der Waals surface area contributed by atoms with Gasteiger partial charge in [-0.25, -0.2) is 0 Å². The fraction of sp³-hybridized carbons (Fsp3) is 0.308. The Kier molecular flexibility index (Phi) is 2.24. The summed E-state index contributed by atoms with van der Waals surface area (Å²) < 4.78 is 0. The summed E-state index contributed by atoms with van der Waals surface area (Å²) in [7, 11) is 0. The highest BCUT2D eigenvalue weighted by Crippen LogP contribution is 2.43. The highest BCUT2D eigenvalue weighted by Gasteiger charge is 2.39. The lowest BCUT2D eigenvalue weighted by Gasteiger charge is -2.36. The van der Waals surface area contributed by atoms with Crippen LogP contribution in [-0.2, 0) is 5.41 Å². The molecule has 15 heavy (non-hydrogen) atoms. The van der Waals surface area contributed by atoms with Crippen LogP contribution in [0.4, 0.5) is 5.69 Å². The summed E-state index contributed by atoms with van der Waals surface area (Å²) in [5.74, 6) is 0. The van der Waals surface area contributed by atoms with Crippen LogP contribution < -0.4 is 5.73 Å². The number of nitrogen functional groups attached to an aromatic ring is 1. The second-order valence-electron chi connectivity index (χ2n) is 4.14. The maximum Gasteiger partial charge on any atom is 0.0823 e. The predicted octanol–water partition coefficient (Wildman–Crippen LogP) is 2.86. The number of anilines is 1. The number of nitrogens with two attached hydrogens (primary N) is 1. The molecule has 0 unspecified atom stereocenters. The first kappa shape index (κ1) is 9.79. The maximum atomic E-state index is 9.23. The van der Waals surface area contributed by atoms with Gasteiger partial charge in [0.15, 0.2) is 0 Å². The third-order valence-corrected chi connectivity index (χ3v) is 3.19. The summed E-state index contributed by atoms with van der Waals surface area (Å²) in [5, 5.41) is 9.23. The van der Waals surface area contributed by atoms with Crippen molar-refractivity contribution in [3.8, 4) is 6.07 Å². The Morgan fingerprint density at radius 2 is 2.13 bits per heavy atom. The first-order chi connectivity index (χ1) is 7.20. The van der Waals surface area contributed by atoms with Crippen molar-refractivity contribution in [3.05, 3.63) is 35.9 Å². The van der Waals surface area contributed by atoms with Gasteiger partial charge in [0, 0.05) is 5.69 Å². The van der Waals surface area contributed by atoms with Gasteiger partial charge in [0.25, 0.3) is 0 Å². The molecule has 0 amide bonds. The highest BCUT2D eigenvalue weighted by molar-refractivity contribution is 5.58. The van der Waals surface area contributed by atoms with Gasteiger partial charge in [-0.15, -0.1) is 0 Å². The molecule has 1 aromatic carbocycles. The van der Waals surface area contributed by atoms with Gasteiger partial charge in [0.2, 0.25) is 0 Å². The molecule has 0 heterocycles. The molecule has 1 saturated carbocycles. The molecule has 1 fully saturated rings. The minimum absolute atomic E-state index is 0.285. The van der Waals surface area contributed by atoms with E-state index >= 15 is 0 Å². The van der Waals surface area contributed by atoms with Crippen molar-refractivity contribution < 1.29 is 0 Å². The van der Waals surface area contributed by atoms with E-state index in [1.54, 1.807) is 6.08 Å². The molecule has 0 bridgehead atoms. The van der Waals surface area contributed by atoms with Crippen molar-refractivity contribution in [1.29, 1.82) is 5.26 Å². The topological polar surface area (TPSA) is 49.8 Å². The highest BCUT2D eigenvalue weighted by atomic mass is 14.6. The molecular formula is C13H14N2. The van der Waals surface area contributed by atoms with Gasteiger partial charge in [-0.2, -0.15) is 5.26 Å². The van der Waals surface area contributed by atoms with Crippen molar-refractivity contribution in [3.63, 3.8) is 0 Å². The minimum Gasteiger partial charge on any atom is -0.399 e. The Morgan fingerprint density at radius 3 is 2.60 bits per heavy atom. The monoisotopic (exact) mass is 198 g/mol. The van der Waals surface area contributed by atoms with Crippen LogP contribution in [0.25, 0.3) is 6.08 Å². The van der Waals surface area contributed by atoms with Gasteiger partial charge in [-0.1, -0.05) is 18.7 Å². The van der Waals surface area contributed by atoms with Crippen LogP contribution in [0.3, 0.4) is 0 Å². The summed E-state index contributed by atoms with van der Waals surface area (Å²) in [6.45, 7) is 3.73. The van der Waals surface area contributed by atoms with Crippen LogP contribution in [0.15, 0.2) is 24.8 Å². The van der Waals surface area contributed by atoms with E-state index in [-0.39, 0.29) is 5.41 Å². The smallest absolute Gasteiger partial charge is 0.0823 e. The largest absolute Gasteiger partial charge is 0.399 e. The van der Waals surface area contributed by atoms with Gasteiger partial charge < -0.3 is 5.73 Å². The average molecular weight is 198 g/mol. The fourth-order valence-corrected chi connectivity index (χ4v) is 2.07. The van der Waals surface area contributed by atoms with Crippen LogP contribution in [0, 0.1) is 11.3 Å². The van der Waals surface area contributed by atoms with E-state index in [1.165, 1.54) is 0 Å². The van der Waals surface area contributed by atoms with Crippen LogP contribution in [0.5, 0.6) is 0 Å². The normalized spacial score (nSPS) is 17.5. The molecular weight excluding hydrogens is 184 g/mol. The Bertz CT molecular complexity index is 436. The summed E-state index contributed by atoms with van der Waals surface area (Å²) in [4.78, 5) is 0. The average Bonchev–Trinajstić information content (AvgIpc) is 2.16. The first-order valence-corrected chi connectivity index (χ1v) is 5.15. The molecule has 0 radical (unpaired) electrons. The van der Waals surface area contributed by atoms with Crippen molar-refractivity contribution in [1.82, 2.24) is 0 Å². The Hall–Kier alpha value is -1.75. The molecule has 1 aromatic rings. The van der Waals surface area contributed by atoms with Gasteiger partial charge in [0.1, 0.15) is 0 Å². The molecule has 2 N–H and O–H groups in total. The van der Waals surface area contributed by atoms with E-state index in [0.717, 1.165) is 30.4 Å². The zero-order valence-electron chi connectivity index (χ0n) is 8.66. The van der Waals surface area contributed by atoms with Crippen LogP contribution in [0.1, 0.15) is 30.4 Å². The van der Waals surface area contributed by atoms with Gasteiger partial charge >= 0.3 is 0 Å². The van der Waals surface area contributed by atoms with Crippen LogP contribution in [0.2, 0.25) is 0 Å². The van der Waals surface area contributed by atoms with Crippen LogP contribution in [-0.4, -0.2) is 0 Å². The molecule has 1 aliphatic carbocycles. The van der Waals surface area contributed by atoms with E-state index in [2.05, 4.69) is 12.6 Å². The summed E-state index contributed by atoms with van der Waals surface area (Å²) in [6, 6.07) is 8.23. The third kappa shape index (κ3) is 1.50. The quantitative estimate of drug-likeness (QED) is 0.743. The van der Waals surface area contributed by atoms with E-state index in [4.69, 9.17) is 5.73 Å². The van der Waals surface area contributed by atoms with E-state index in [0.29, 0.717) is 5.69 Å². The van der Waals surface area contributed by atoms with Crippen LogP contribution >= 0.6 is 0 Å². The number of hydrogen-bond acceptors (Lipinski definition) is 2. The fourth-order valence-electron chi connectivity index (χ4n) is 2.07. The summed E-state index contributed by atoms with van der Waals surface area (Å²) in [5.41, 5.74) is 8.27. The minimum atomic E-state index is -0.285. The Morgan fingerprint density at radius 1 is 1.40 bits per heavy atom. The lowest BCUT2D eigenvalue weighted by atomic mass is 9.65. The van der Waals surface area contributed by atoms with E-state index in [9.17, 15) is 5.26 Å². The molecule has 0 aliphatic heterocycles. The zero-order valence-corrected chi connectivity index (χ0v) is 8.66. The third-order valence-electron chi connectivity index (χ3n) is 3.19. The molecule has 2 rings (SSSR count). The number of nitrogens with zero attached hydrogens (tertiary/aromatic N) is 1. The standard InChI is InChI=1S/C13H14N2/c1-2-10-6-11(8-12(15)7-10)13(9-14)4-3-5-13/h2,6-8H,1,3-5,15H2. The molecule has 0 aromatic heterocycles. The molecule has 2 heteroatoms. The Balaban J connectivity index is 2.48. The zero-order chi connectivity index (χ0) is 10.9. The second-order valence-corrected chi connectivity index (χ2v) is 4.14. The van der Waals surface area contributed by atoms with Crippen molar-refractivity contribution in [2.24, 2.45) is 0 Å². The number of rotatable bonds is 2. The van der Waals surface area contributed by atoms with Crippen molar-refractivity contribution >= 4 is 11.8 Å². The second kappa shape index (κ2) is 3.43. The van der Waals surface area contributed by atoms with Gasteiger partial charge in [0.05, 0.1) is 11.5 Å². The van der Waals surface area contributed by atoms with Crippen molar-refractivity contribution in [2.45, 2.75) is 24.7 Å². The lowest BCUT2D eigenvalue weighted by Crippen LogP contribution is -2.32. The maximum absolute atomic E-state index is 9.23. The van der Waals surface area contributed by atoms with Gasteiger partial charge in [-0.3, -0.25) is 0 Å². The van der Waals surface area contributed by atoms with Crippen molar-refractivity contribution in [2.75, 3.05) is 5.73 Å². The summed E-state index contributed by atoms with van der Waals surface area (Å²) in [6.07, 6.45) is 4.79. The molecule has 2 nitrogen and oxygen atoms in total. The molecule has 0 atom stereocenters. The number of nitriles is 1. The first-order valence-electron chi connectivity index (χ1n) is 5.15. The molecule has 0 spiro atoms. The molecule has 0 saturated heterocycles. The van der Waals surface area contributed by atoms with E-state index < -0.39 is 0 Å². The number of hydrogen-bond donors (Lipinski definition) is 1. The molecule has 1 aliphatic rings. The number of benzene rings is 1. The summed E-state index contributed by atoms with van der Waals surface area (Å²) >= 11 is 0. The molecule has 76 valence electrons. The SMILES string of the molecule is C=Cc1cc(N)cc(C2(C#N)CCC2)c1. The predicted molar refractivity (Wildman–Crippen MR) is 62.1 cm³/mol.